The molecule has 1 aliphatic carbocycles. The number of rotatable bonds is 5. The Kier molecular flexibility index (Phi) is 5.32. The largest absolute Gasteiger partial charge is 0.324 e. The zero-order valence-electron chi connectivity index (χ0n) is 15.1. The van der Waals surface area contributed by atoms with Crippen LogP contribution in [0.4, 0.5) is 11.4 Å². The Morgan fingerprint density at radius 3 is 2.85 bits per heavy atom. The van der Waals surface area contributed by atoms with Crippen LogP contribution >= 0.6 is 0 Å². The lowest BCUT2D eigenvalue weighted by atomic mass is 9.87. The number of fused-ring (bicyclic) bond motifs is 1. The fourth-order valence-corrected chi connectivity index (χ4v) is 3.57. The molecule has 1 amide bonds. The summed E-state index contributed by atoms with van der Waals surface area (Å²) in [5.74, 6) is -0.167. The maximum Gasteiger partial charge on any atom is 0.271 e. The Hall–Kier alpha value is -2.73. The molecule has 0 fully saturated rings. The highest BCUT2D eigenvalue weighted by atomic mass is 16.6. The van der Waals surface area contributed by atoms with E-state index in [9.17, 15) is 14.9 Å². The van der Waals surface area contributed by atoms with Gasteiger partial charge in [0.2, 0.25) is 5.91 Å². The van der Waals surface area contributed by atoms with Gasteiger partial charge in [-0.15, -0.1) is 0 Å². The summed E-state index contributed by atoms with van der Waals surface area (Å²) in [6.07, 6.45) is 3.22. The van der Waals surface area contributed by atoms with Gasteiger partial charge >= 0.3 is 0 Å². The number of carbonyl (C=O) groups is 1. The second-order valence-corrected chi connectivity index (χ2v) is 6.83. The molecule has 0 saturated heterocycles. The standard InChI is InChI=1S/C20H23N3O3/c1-14-10-11-16(23(25)26)12-18(14)21-20(24)13-22(2)19-9-5-7-15-6-3-4-8-17(15)19/h3-4,6,8,10-12,19H,5,7,9,13H2,1-2H3,(H,21,24)/t19-/m1/s1. The lowest BCUT2D eigenvalue weighted by Crippen LogP contribution is -2.35. The highest BCUT2D eigenvalue weighted by Crippen LogP contribution is 2.33. The first-order valence-electron chi connectivity index (χ1n) is 8.78. The molecule has 3 rings (SSSR count). The van der Waals surface area contributed by atoms with Crippen LogP contribution in [0.3, 0.4) is 0 Å². The van der Waals surface area contributed by atoms with Crippen LogP contribution in [0, 0.1) is 17.0 Å². The summed E-state index contributed by atoms with van der Waals surface area (Å²) in [5, 5.41) is 13.8. The number of hydrogen-bond donors (Lipinski definition) is 1. The zero-order valence-corrected chi connectivity index (χ0v) is 15.1. The van der Waals surface area contributed by atoms with Crippen molar-refractivity contribution in [1.82, 2.24) is 4.90 Å². The summed E-state index contributed by atoms with van der Waals surface area (Å²) in [5.41, 5.74) is 3.91. The number of carbonyl (C=O) groups excluding carboxylic acids is 1. The summed E-state index contributed by atoms with van der Waals surface area (Å²) >= 11 is 0. The number of hydrogen-bond acceptors (Lipinski definition) is 4. The summed E-state index contributed by atoms with van der Waals surface area (Å²) in [7, 11) is 1.95. The van der Waals surface area contributed by atoms with Gasteiger partial charge in [-0.05, 0) is 49.9 Å². The molecule has 136 valence electrons. The average molecular weight is 353 g/mol. The maximum absolute atomic E-state index is 12.5. The molecule has 2 aromatic rings. The Balaban J connectivity index is 1.69. The van der Waals surface area contributed by atoms with E-state index < -0.39 is 4.92 Å². The van der Waals surface area contributed by atoms with E-state index in [0.717, 1.165) is 24.8 Å². The van der Waals surface area contributed by atoms with Crippen LogP contribution < -0.4 is 5.32 Å². The highest BCUT2D eigenvalue weighted by molar-refractivity contribution is 5.93. The van der Waals surface area contributed by atoms with Gasteiger partial charge in [-0.3, -0.25) is 19.8 Å². The average Bonchev–Trinajstić information content (AvgIpc) is 2.62. The first kappa shape index (κ1) is 18.1. The van der Waals surface area contributed by atoms with Crippen molar-refractivity contribution >= 4 is 17.3 Å². The number of aryl methyl sites for hydroxylation is 2. The Bertz CT molecular complexity index is 835. The molecule has 2 aromatic carbocycles. The molecular weight excluding hydrogens is 330 g/mol. The molecule has 1 aliphatic rings. The SMILES string of the molecule is Cc1ccc([N+](=O)[O-])cc1NC(=O)CN(C)[C@@H]1CCCc2ccccc21. The van der Waals surface area contributed by atoms with Crippen LogP contribution in [0.1, 0.15) is 35.6 Å². The second-order valence-electron chi connectivity index (χ2n) is 6.83. The van der Waals surface area contributed by atoms with Gasteiger partial charge in [-0.1, -0.05) is 30.3 Å². The number of nitrogens with zero attached hydrogens (tertiary/aromatic N) is 2. The van der Waals surface area contributed by atoms with Crippen LogP contribution in [0.2, 0.25) is 0 Å². The monoisotopic (exact) mass is 353 g/mol. The van der Waals surface area contributed by atoms with Crippen molar-refractivity contribution in [3.63, 3.8) is 0 Å². The number of anilines is 1. The van der Waals surface area contributed by atoms with Gasteiger partial charge in [-0.2, -0.15) is 0 Å². The van der Waals surface area contributed by atoms with Crippen LogP contribution in [0.5, 0.6) is 0 Å². The molecule has 0 bridgehead atoms. The van der Waals surface area contributed by atoms with Gasteiger partial charge in [0, 0.05) is 18.2 Å². The number of amides is 1. The fourth-order valence-electron chi connectivity index (χ4n) is 3.57. The van der Waals surface area contributed by atoms with Gasteiger partial charge in [-0.25, -0.2) is 0 Å². The van der Waals surface area contributed by atoms with E-state index >= 15 is 0 Å². The van der Waals surface area contributed by atoms with Gasteiger partial charge in [0.15, 0.2) is 0 Å². The summed E-state index contributed by atoms with van der Waals surface area (Å²) in [4.78, 5) is 25.0. The molecule has 0 radical (unpaired) electrons. The van der Waals surface area contributed by atoms with E-state index in [-0.39, 0.29) is 24.2 Å². The third-order valence-electron chi connectivity index (χ3n) is 4.97. The second kappa shape index (κ2) is 7.66. The van der Waals surface area contributed by atoms with Gasteiger partial charge < -0.3 is 5.32 Å². The van der Waals surface area contributed by atoms with E-state index in [4.69, 9.17) is 0 Å². The van der Waals surface area contributed by atoms with E-state index in [2.05, 4.69) is 28.4 Å². The fraction of sp³-hybridized carbons (Fsp3) is 0.350. The molecule has 1 N–H and O–H groups in total. The summed E-state index contributed by atoms with van der Waals surface area (Å²) in [6.45, 7) is 2.06. The Morgan fingerprint density at radius 1 is 1.31 bits per heavy atom. The normalized spacial score (nSPS) is 16.2. The minimum absolute atomic E-state index is 0.0273. The molecule has 26 heavy (non-hydrogen) atoms. The van der Waals surface area contributed by atoms with Crippen LogP contribution in [0.25, 0.3) is 0 Å². The summed E-state index contributed by atoms with van der Waals surface area (Å²) in [6, 6.07) is 13.1. The highest BCUT2D eigenvalue weighted by Gasteiger charge is 2.24. The van der Waals surface area contributed by atoms with Crippen molar-refractivity contribution in [2.45, 2.75) is 32.2 Å². The number of nitro benzene ring substituents is 1. The third kappa shape index (κ3) is 3.91. The molecule has 1 atom stereocenters. The lowest BCUT2D eigenvalue weighted by molar-refractivity contribution is -0.384. The van der Waals surface area contributed by atoms with Crippen LogP contribution in [-0.4, -0.2) is 29.3 Å². The predicted octanol–water partition coefficient (Wildman–Crippen LogP) is 3.85. The summed E-state index contributed by atoms with van der Waals surface area (Å²) < 4.78 is 0. The Morgan fingerprint density at radius 2 is 2.08 bits per heavy atom. The third-order valence-corrected chi connectivity index (χ3v) is 4.97. The van der Waals surface area contributed by atoms with Crippen molar-refractivity contribution < 1.29 is 9.72 Å². The number of nitro groups is 1. The first-order valence-corrected chi connectivity index (χ1v) is 8.78. The van der Waals surface area contributed by atoms with Crippen molar-refractivity contribution in [2.75, 3.05) is 18.9 Å². The lowest BCUT2D eigenvalue weighted by Gasteiger charge is -2.32. The smallest absolute Gasteiger partial charge is 0.271 e. The number of nitrogens with one attached hydrogen (secondary N) is 1. The van der Waals surface area contributed by atoms with E-state index in [1.807, 2.05) is 20.0 Å². The molecular formula is C20H23N3O3. The molecule has 0 spiro atoms. The molecule has 6 nitrogen and oxygen atoms in total. The molecule has 0 heterocycles. The minimum atomic E-state index is -0.458. The van der Waals surface area contributed by atoms with Gasteiger partial charge in [0.1, 0.15) is 0 Å². The molecule has 0 unspecified atom stereocenters. The first-order chi connectivity index (χ1) is 12.5. The van der Waals surface area contributed by atoms with Gasteiger partial charge in [0.25, 0.3) is 5.69 Å². The van der Waals surface area contributed by atoms with Gasteiger partial charge in [0.05, 0.1) is 17.2 Å². The van der Waals surface area contributed by atoms with Crippen LogP contribution in [-0.2, 0) is 11.2 Å². The molecule has 0 aromatic heterocycles. The molecule has 6 heteroatoms. The quantitative estimate of drug-likeness (QED) is 0.654. The number of benzene rings is 2. The van der Waals surface area contributed by atoms with E-state index in [0.29, 0.717) is 5.69 Å². The minimum Gasteiger partial charge on any atom is -0.324 e. The Labute approximate surface area is 153 Å². The maximum atomic E-state index is 12.5. The number of non-ortho nitro benzene ring substituents is 1. The predicted molar refractivity (Wildman–Crippen MR) is 101 cm³/mol. The topological polar surface area (TPSA) is 75.5 Å². The molecule has 0 aliphatic heterocycles. The molecule has 0 saturated carbocycles. The van der Waals surface area contributed by atoms with E-state index in [1.165, 1.54) is 23.3 Å². The van der Waals surface area contributed by atoms with Crippen molar-refractivity contribution in [2.24, 2.45) is 0 Å². The number of likely N-dealkylation sites (N-methyl/N-ethyl adjacent to an activating group) is 1. The van der Waals surface area contributed by atoms with E-state index in [1.54, 1.807) is 6.07 Å². The van der Waals surface area contributed by atoms with Crippen molar-refractivity contribution in [1.29, 1.82) is 0 Å². The zero-order chi connectivity index (χ0) is 18.7. The van der Waals surface area contributed by atoms with Crippen LogP contribution in [0.15, 0.2) is 42.5 Å². The van der Waals surface area contributed by atoms with Crippen molar-refractivity contribution in [3.8, 4) is 0 Å². The van der Waals surface area contributed by atoms with Crippen molar-refractivity contribution in [3.05, 3.63) is 69.3 Å².